The fourth-order valence-corrected chi connectivity index (χ4v) is 4.32. The lowest BCUT2D eigenvalue weighted by molar-refractivity contribution is -0.137. The van der Waals surface area contributed by atoms with Crippen molar-refractivity contribution in [2.45, 2.75) is 76.3 Å². The third kappa shape index (κ3) is 12.4. The number of hydrogen-bond acceptors (Lipinski definition) is 8. The molecule has 1 aromatic carbocycles. The molecule has 2 rings (SSSR count). The predicted octanol–water partition coefficient (Wildman–Crippen LogP) is 4.45. The molecule has 0 aliphatic heterocycles. The first-order valence-corrected chi connectivity index (χ1v) is 13.6. The predicted molar refractivity (Wildman–Crippen MR) is 145 cm³/mol. The van der Waals surface area contributed by atoms with Crippen molar-refractivity contribution in [3.05, 3.63) is 47.5 Å². The van der Waals surface area contributed by atoms with E-state index in [0.717, 1.165) is 25.7 Å². The van der Waals surface area contributed by atoms with Crippen molar-refractivity contribution in [3.8, 4) is 18.2 Å². The smallest absolute Gasteiger partial charge is 0.249 e. The van der Waals surface area contributed by atoms with Crippen LogP contribution in [0.1, 0.15) is 56.9 Å². The molecule has 3 unspecified atom stereocenters. The van der Waals surface area contributed by atoms with Crippen molar-refractivity contribution < 1.29 is 23.7 Å². The van der Waals surface area contributed by atoms with Crippen LogP contribution in [0.3, 0.4) is 0 Å². The van der Waals surface area contributed by atoms with E-state index in [9.17, 15) is 4.79 Å². The highest BCUT2D eigenvalue weighted by Gasteiger charge is 2.38. The van der Waals surface area contributed by atoms with E-state index in [4.69, 9.17) is 34.7 Å². The molecule has 0 spiro atoms. The molecule has 39 heavy (non-hydrogen) atoms. The summed E-state index contributed by atoms with van der Waals surface area (Å²) >= 11 is 0. The Kier molecular flexibility index (Phi) is 16.2. The van der Waals surface area contributed by atoms with Gasteiger partial charge in [0.1, 0.15) is 12.2 Å². The summed E-state index contributed by atoms with van der Waals surface area (Å²) in [4.78, 5) is 15.0. The zero-order valence-corrected chi connectivity index (χ0v) is 22.9. The molecule has 9 nitrogen and oxygen atoms in total. The Bertz CT molecular complexity index is 995. The van der Waals surface area contributed by atoms with Crippen LogP contribution >= 0.6 is 0 Å². The molecule has 3 atom stereocenters. The van der Waals surface area contributed by atoms with Gasteiger partial charge in [0.25, 0.3) is 0 Å². The Balaban J connectivity index is 1.86. The van der Waals surface area contributed by atoms with Crippen molar-refractivity contribution in [2.75, 3.05) is 40.0 Å². The molecule has 9 heteroatoms. The SMILES string of the molecule is CN(CCCCCCOCc1ccccc1)C(=O)C1=CC(OCCC#N)C(OCCC#N)C(OCCC#N)C1. The van der Waals surface area contributed by atoms with E-state index in [-0.39, 0.29) is 45.0 Å². The van der Waals surface area contributed by atoms with Crippen molar-refractivity contribution in [1.82, 2.24) is 4.90 Å². The maximum Gasteiger partial charge on any atom is 0.249 e. The number of benzene rings is 1. The number of nitriles is 3. The molecular weight excluding hydrogens is 496 g/mol. The van der Waals surface area contributed by atoms with E-state index >= 15 is 0 Å². The van der Waals surface area contributed by atoms with Gasteiger partial charge in [-0.2, -0.15) is 15.8 Å². The van der Waals surface area contributed by atoms with Crippen LogP contribution in [0.2, 0.25) is 0 Å². The normalized spacial score (nSPS) is 18.4. The van der Waals surface area contributed by atoms with Gasteiger partial charge in [0.05, 0.1) is 70.0 Å². The third-order valence-corrected chi connectivity index (χ3v) is 6.34. The molecule has 0 saturated carbocycles. The Morgan fingerprint density at radius 1 is 0.872 bits per heavy atom. The van der Waals surface area contributed by atoms with Crippen LogP contribution in [-0.2, 0) is 30.3 Å². The molecule has 1 aliphatic carbocycles. The van der Waals surface area contributed by atoms with Crippen LogP contribution in [0.4, 0.5) is 0 Å². The average Bonchev–Trinajstić information content (AvgIpc) is 2.95. The second-order valence-electron chi connectivity index (χ2n) is 9.38. The van der Waals surface area contributed by atoms with Gasteiger partial charge in [0.2, 0.25) is 5.91 Å². The highest BCUT2D eigenvalue weighted by Crippen LogP contribution is 2.28. The van der Waals surface area contributed by atoms with Crippen LogP contribution in [-0.4, -0.2) is 69.1 Å². The fraction of sp³-hybridized carbons (Fsp3) is 0.600. The summed E-state index contributed by atoms with van der Waals surface area (Å²) in [5, 5.41) is 26.7. The first kappa shape index (κ1) is 32.0. The fourth-order valence-electron chi connectivity index (χ4n) is 4.32. The number of likely N-dealkylation sites (N-methyl/N-ethyl adjacent to an activating group) is 1. The minimum Gasteiger partial charge on any atom is -0.377 e. The number of rotatable bonds is 19. The van der Waals surface area contributed by atoms with Gasteiger partial charge in [-0.25, -0.2) is 0 Å². The number of amides is 1. The highest BCUT2D eigenvalue weighted by atomic mass is 16.6. The Hall–Kier alpha value is -3.26. The van der Waals surface area contributed by atoms with Gasteiger partial charge in [0, 0.05) is 32.2 Å². The lowest BCUT2D eigenvalue weighted by Crippen LogP contribution is -2.47. The van der Waals surface area contributed by atoms with Crippen molar-refractivity contribution >= 4 is 5.91 Å². The van der Waals surface area contributed by atoms with E-state index in [1.165, 1.54) is 5.56 Å². The number of carbonyl (C=O) groups excluding carboxylic acids is 1. The number of nitrogens with zero attached hydrogens (tertiary/aromatic N) is 4. The largest absolute Gasteiger partial charge is 0.377 e. The Morgan fingerprint density at radius 3 is 2.21 bits per heavy atom. The number of hydrogen-bond donors (Lipinski definition) is 0. The zero-order valence-electron chi connectivity index (χ0n) is 22.9. The molecule has 1 aromatic rings. The van der Waals surface area contributed by atoms with Gasteiger partial charge < -0.3 is 23.8 Å². The van der Waals surface area contributed by atoms with Crippen LogP contribution < -0.4 is 0 Å². The molecule has 1 amide bonds. The molecule has 0 bridgehead atoms. The lowest BCUT2D eigenvalue weighted by Gasteiger charge is -2.37. The van der Waals surface area contributed by atoms with Crippen molar-refractivity contribution in [1.29, 1.82) is 15.8 Å². The van der Waals surface area contributed by atoms with Crippen molar-refractivity contribution in [2.24, 2.45) is 0 Å². The van der Waals surface area contributed by atoms with Crippen LogP contribution in [0, 0.1) is 34.0 Å². The second kappa shape index (κ2) is 19.8. The summed E-state index contributed by atoms with van der Waals surface area (Å²) < 4.78 is 23.5. The molecule has 210 valence electrons. The summed E-state index contributed by atoms with van der Waals surface area (Å²) in [7, 11) is 1.79. The molecule has 1 aliphatic rings. The molecule has 0 N–H and O–H groups in total. The Morgan fingerprint density at radius 2 is 1.51 bits per heavy atom. The van der Waals surface area contributed by atoms with Gasteiger partial charge in [0.15, 0.2) is 0 Å². The zero-order chi connectivity index (χ0) is 28.1. The van der Waals surface area contributed by atoms with Gasteiger partial charge >= 0.3 is 0 Å². The summed E-state index contributed by atoms with van der Waals surface area (Å²) in [6.07, 6.45) is 4.98. The molecule has 0 heterocycles. The summed E-state index contributed by atoms with van der Waals surface area (Å²) in [5.41, 5.74) is 1.74. The minimum absolute atomic E-state index is 0.0977. The quantitative estimate of drug-likeness (QED) is 0.237. The number of ether oxygens (including phenoxy) is 4. The second-order valence-corrected chi connectivity index (χ2v) is 9.38. The van der Waals surface area contributed by atoms with Gasteiger partial charge in [-0.15, -0.1) is 0 Å². The summed E-state index contributed by atoms with van der Waals surface area (Å²) in [6.45, 7) is 2.56. The van der Waals surface area contributed by atoms with Crippen LogP contribution in [0.15, 0.2) is 42.0 Å². The van der Waals surface area contributed by atoms with E-state index in [0.29, 0.717) is 31.8 Å². The first-order chi connectivity index (χ1) is 19.1. The van der Waals surface area contributed by atoms with Gasteiger partial charge in [-0.1, -0.05) is 43.2 Å². The molecule has 0 aromatic heterocycles. The molecular formula is C30H40N4O5. The number of carbonyl (C=O) groups is 1. The first-order valence-electron chi connectivity index (χ1n) is 13.6. The average molecular weight is 537 g/mol. The standard InChI is InChI=1S/C30H40N4O5/c1-34(17-7-2-3-8-18-36-24-25-12-5-4-6-13-25)30(35)26-22-27(37-19-9-14-31)29(39-21-11-16-33)28(23-26)38-20-10-15-32/h4-6,12-13,22,27-29H,2-3,7-11,17-21,23-24H2,1H3. The van der Waals surface area contributed by atoms with E-state index in [1.54, 1.807) is 18.0 Å². The maximum absolute atomic E-state index is 13.3. The monoisotopic (exact) mass is 536 g/mol. The molecule has 0 fully saturated rings. The maximum atomic E-state index is 13.3. The van der Waals surface area contributed by atoms with Crippen LogP contribution in [0.5, 0.6) is 0 Å². The topological polar surface area (TPSA) is 129 Å². The summed E-state index contributed by atoms with van der Waals surface area (Å²) in [6, 6.07) is 16.3. The molecule has 0 saturated heterocycles. The summed E-state index contributed by atoms with van der Waals surface area (Å²) in [5.74, 6) is -0.0977. The van der Waals surface area contributed by atoms with E-state index in [2.05, 4.69) is 30.3 Å². The molecule has 0 radical (unpaired) electrons. The lowest BCUT2D eigenvalue weighted by atomic mass is 9.90. The Labute approximate surface area is 232 Å². The van der Waals surface area contributed by atoms with E-state index < -0.39 is 18.3 Å². The van der Waals surface area contributed by atoms with Crippen LogP contribution in [0.25, 0.3) is 0 Å². The third-order valence-electron chi connectivity index (χ3n) is 6.34. The van der Waals surface area contributed by atoms with Gasteiger partial charge in [-0.05, 0) is 24.5 Å². The minimum atomic E-state index is -0.596. The van der Waals surface area contributed by atoms with Gasteiger partial charge in [-0.3, -0.25) is 4.79 Å². The highest BCUT2D eigenvalue weighted by molar-refractivity contribution is 5.93. The van der Waals surface area contributed by atoms with Crippen molar-refractivity contribution in [3.63, 3.8) is 0 Å². The number of unbranched alkanes of at least 4 members (excludes halogenated alkanes) is 3. The van der Waals surface area contributed by atoms with E-state index in [1.807, 2.05) is 18.2 Å².